The molecule has 37 heavy (non-hydrogen) atoms. The Morgan fingerprint density at radius 2 is 0.622 bits per heavy atom. The molecule has 0 aliphatic rings. The minimum Gasteiger partial charge on any atom is -0.507 e. The lowest BCUT2D eigenvalue weighted by Crippen LogP contribution is -2.17. The molecule has 0 saturated heterocycles. The number of hydrogen-bond acceptors (Lipinski definition) is 9. The van der Waals surface area contributed by atoms with Crippen molar-refractivity contribution in [2.75, 3.05) is 0 Å². The van der Waals surface area contributed by atoms with Crippen LogP contribution in [0.5, 0.6) is 11.5 Å². The van der Waals surface area contributed by atoms with Gasteiger partial charge in [-0.1, -0.05) is 83.1 Å². The summed E-state index contributed by atoms with van der Waals surface area (Å²) in [6.07, 6.45) is 0. The predicted molar refractivity (Wildman–Crippen MR) is 181 cm³/mol. The third-order valence-electron chi connectivity index (χ3n) is 5.77. The zero-order chi connectivity index (χ0) is 28.4. The standard InChI is InChI=1S/C28H42O2S7/c1-25(2,3)19-13-17(14-20(23(19)29)26(4,5)6)31-33-35-37-36-34-32-18-15-21(27(7,8)9)24(30)22(16-18)28(10,11)12/h13-16,29-30H,1-12H3. The minimum absolute atomic E-state index is 0.120. The zero-order valence-electron chi connectivity index (χ0n) is 24.1. The van der Waals surface area contributed by atoms with Crippen LogP contribution in [0.15, 0.2) is 34.1 Å². The number of phenols is 2. The average Bonchev–Trinajstić information content (AvgIpc) is 2.71. The Morgan fingerprint density at radius 3 is 0.838 bits per heavy atom. The van der Waals surface area contributed by atoms with Crippen molar-refractivity contribution in [2.24, 2.45) is 0 Å². The van der Waals surface area contributed by atoms with Crippen LogP contribution >= 0.6 is 70.7 Å². The first kappa shape index (κ1) is 33.7. The first-order chi connectivity index (χ1) is 16.7. The molecule has 0 atom stereocenters. The summed E-state index contributed by atoms with van der Waals surface area (Å²) in [5.41, 5.74) is 3.52. The highest BCUT2D eigenvalue weighted by molar-refractivity contribution is 9.46. The molecule has 0 heterocycles. The summed E-state index contributed by atoms with van der Waals surface area (Å²) in [4.78, 5) is 2.34. The van der Waals surface area contributed by atoms with Gasteiger partial charge in [0.15, 0.2) is 0 Å². The van der Waals surface area contributed by atoms with Gasteiger partial charge in [0.25, 0.3) is 0 Å². The van der Waals surface area contributed by atoms with Gasteiger partial charge in [-0.2, -0.15) is 0 Å². The highest BCUT2D eigenvalue weighted by atomic mass is 33.9. The molecule has 208 valence electrons. The van der Waals surface area contributed by atoms with E-state index in [9.17, 15) is 10.2 Å². The zero-order valence-corrected chi connectivity index (χ0v) is 29.8. The van der Waals surface area contributed by atoms with Gasteiger partial charge in [0, 0.05) is 32.0 Å². The third kappa shape index (κ3) is 9.82. The fraction of sp³-hybridized carbons (Fsp3) is 0.571. The number of phenolic OH excluding ortho intramolecular Hbond substituents is 2. The molecule has 0 aromatic heterocycles. The van der Waals surface area contributed by atoms with Gasteiger partial charge in [-0.3, -0.25) is 0 Å². The molecule has 0 aliphatic heterocycles. The molecule has 0 amide bonds. The van der Waals surface area contributed by atoms with Crippen LogP contribution in [0.4, 0.5) is 0 Å². The highest BCUT2D eigenvalue weighted by Gasteiger charge is 2.28. The predicted octanol–water partition coefficient (Wildman–Crippen LogP) is 12.3. The average molecular weight is 635 g/mol. The summed E-state index contributed by atoms with van der Waals surface area (Å²) in [5.74, 6) is 0.859. The molecule has 0 unspecified atom stereocenters. The van der Waals surface area contributed by atoms with Crippen LogP contribution in [0.2, 0.25) is 0 Å². The molecule has 0 spiro atoms. The van der Waals surface area contributed by atoms with Gasteiger partial charge < -0.3 is 10.2 Å². The van der Waals surface area contributed by atoms with Gasteiger partial charge in [-0.15, -0.1) is 0 Å². The van der Waals surface area contributed by atoms with E-state index in [2.05, 4.69) is 107 Å². The maximum Gasteiger partial charge on any atom is 0.123 e. The van der Waals surface area contributed by atoms with Crippen molar-refractivity contribution in [1.29, 1.82) is 0 Å². The summed E-state index contributed by atoms with van der Waals surface area (Å²) < 4.78 is 0. The monoisotopic (exact) mass is 634 g/mol. The maximum atomic E-state index is 10.9. The quantitative estimate of drug-likeness (QED) is 0.218. The Labute approximate surface area is 251 Å². The SMILES string of the molecule is CC(C)(C)c1cc(SSSSSSSc2cc(C(C)(C)C)c(O)c(C(C)(C)C)c2)cc(C(C)(C)C)c1O. The topological polar surface area (TPSA) is 40.5 Å². The van der Waals surface area contributed by atoms with E-state index in [0.29, 0.717) is 11.5 Å². The second-order valence-electron chi connectivity index (χ2n) is 13.2. The largest absolute Gasteiger partial charge is 0.507 e. The summed E-state index contributed by atoms with van der Waals surface area (Å²) >= 11 is 0. The van der Waals surface area contributed by atoms with Gasteiger partial charge in [0.2, 0.25) is 0 Å². The van der Waals surface area contributed by atoms with E-state index in [1.165, 1.54) is 9.79 Å². The number of hydrogen-bond donors (Lipinski definition) is 2. The van der Waals surface area contributed by atoms with Crippen molar-refractivity contribution < 1.29 is 10.2 Å². The summed E-state index contributed by atoms with van der Waals surface area (Å²) in [5, 5.41) is 21.9. The van der Waals surface area contributed by atoms with E-state index in [4.69, 9.17) is 0 Å². The van der Waals surface area contributed by atoms with Crippen LogP contribution in [0, 0.1) is 0 Å². The van der Waals surface area contributed by atoms with Gasteiger partial charge >= 0.3 is 0 Å². The van der Waals surface area contributed by atoms with Gasteiger partial charge in [0.1, 0.15) is 11.5 Å². The molecule has 2 nitrogen and oxygen atoms in total. The molecule has 0 saturated carbocycles. The molecule has 0 aliphatic carbocycles. The Morgan fingerprint density at radius 1 is 0.405 bits per heavy atom. The van der Waals surface area contributed by atoms with E-state index in [0.717, 1.165) is 22.3 Å². The summed E-state index contributed by atoms with van der Waals surface area (Å²) in [7, 11) is 12.3. The van der Waals surface area contributed by atoms with Gasteiger partial charge in [-0.05, 0) is 117 Å². The van der Waals surface area contributed by atoms with E-state index >= 15 is 0 Å². The first-order valence-corrected chi connectivity index (χ1v) is 21.0. The fourth-order valence-electron chi connectivity index (χ4n) is 3.74. The van der Waals surface area contributed by atoms with E-state index in [1.54, 1.807) is 70.7 Å². The maximum absolute atomic E-state index is 10.9. The van der Waals surface area contributed by atoms with Crippen LogP contribution in [0.3, 0.4) is 0 Å². The van der Waals surface area contributed by atoms with Crippen molar-refractivity contribution in [1.82, 2.24) is 0 Å². The van der Waals surface area contributed by atoms with Crippen LogP contribution in [-0.4, -0.2) is 10.2 Å². The van der Waals surface area contributed by atoms with Crippen LogP contribution in [0.1, 0.15) is 105 Å². The lowest BCUT2D eigenvalue weighted by molar-refractivity contribution is 0.421. The molecular weight excluding hydrogens is 593 g/mol. The first-order valence-electron chi connectivity index (χ1n) is 12.2. The van der Waals surface area contributed by atoms with E-state index in [1.807, 2.05) is 0 Å². The van der Waals surface area contributed by atoms with Crippen LogP contribution < -0.4 is 0 Å². The Bertz CT molecular complexity index is 916. The minimum atomic E-state index is -0.120. The lowest BCUT2D eigenvalue weighted by Gasteiger charge is -2.28. The van der Waals surface area contributed by atoms with E-state index in [-0.39, 0.29) is 21.7 Å². The number of aromatic hydroxyl groups is 2. The molecule has 0 bridgehead atoms. The van der Waals surface area contributed by atoms with Crippen molar-refractivity contribution in [3.8, 4) is 11.5 Å². The van der Waals surface area contributed by atoms with Crippen molar-refractivity contribution in [2.45, 2.75) is 115 Å². The summed E-state index contributed by atoms with van der Waals surface area (Å²) in [6, 6.07) is 8.54. The van der Waals surface area contributed by atoms with Crippen molar-refractivity contribution >= 4 is 70.7 Å². The van der Waals surface area contributed by atoms with Crippen molar-refractivity contribution in [3.63, 3.8) is 0 Å². The molecular formula is C28H42O2S7. The highest BCUT2D eigenvalue weighted by Crippen LogP contribution is 2.58. The number of benzene rings is 2. The third-order valence-corrected chi connectivity index (χ3v) is 18.4. The van der Waals surface area contributed by atoms with Crippen molar-refractivity contribution in [3.05, 3.63) is 46.5 Å². The van der Waals surface area contributed by atoms with Crippen LogP contribution in [-0.2, 0) is 21.7 Å². The van der Waals surface area contributed by atoms with Gasteiger partial charge in [-0.25, -0.2) is 0 Å². The normalized spacial score (nSPS) is 13.3. The Kier molecular flexibility index (Phi) is 11.8. The molecule has 2 N–H and O–H groups in total. The van der Waals surface area contributed by atoms with Crippen LogP contribution in [0.25, 0.3) is 0 Å². The smallest absolute Gasteiger partial charge is 0.123 e. The molecule has 0 radical (unpaired) electrons. The second kappa shape index (κ2) is 13.0. The molecule has 2 aromatic carbocycles. The second-order valence-corrected chi connectivity index (χ2v) is 24.4. The Balaban J connectivity index is 1.98. The fourth-order valence-corrected chi connectivity index (χ4v) is 17.5. The lowest BCUT2D eigenvalue weighted by atomic mass is 9.79. The molecule has 9 heteroatoms. The van der Waals surface area contributed by atoms with Gasteiger partial charge in [0.05, 0.1) is 0 Å². The molecule has 0 fully saturated rings. The Hall–Kier alpha value is 0.490. The number of rotatable bonds is 8. The molecule has 2 aromatic rings. The molecule has 2 rings (SSSR count). The van der Waals surface area contributed by atoms with E-state index < -0.39 is 0 Å². The summed E-state index contributed by atoms with van der Waals surface area (Å²) in [6.45, 7) is 25.8.